The Bertz CT molecular complexity index is 1640. The molecule has 1 unspecified atom stereocenters. The monoisotopic (exact) mass is 1090 g/mol. The lowest BCUT2D eigenvalue weighted by atomic mass is 10.0. The zero-order valence-corrected chi connectivity index (χ0v) is 51.6. The summed E-state index contributed by atoms with van der Waals surface area (Å²) < 4.78 is 16.9. The lowest BCUT2D eigenvalue weighted by molar-refractivity contribution is -0.167. The van der Waals surface area contributed by atoms with Gasteiger partial charge in [0.1, 0.15) is 13.2 Å². The molecule has 0 aliphatic carbocycles. The predicted molar refractivity (Wildman–Crippen MR) is 343 cm³/mol. The molecule has 0 heterocycles. The van der Waals surface area contributed by atoms with Gasteiger partial charge in [-0.3, -0.25) is 14.4 Å². The van der Waals surface area contributed by atoms with E-state index in [1.165, 1.54) is 141 Å². The van der Waals surface area contributed by atoms with E-state index >= 15 is 0 Å². The van der Waals surface area contributed by atoms with Crippen LogP contribution in [0.2, 0.25) is 0 Å². The molecular weight excluding hydrogens is 973 g/mol. The molecule has 0 aromatic heterocycles. The highest BCUT2D eigenvalue weighted by Crippen LogP contribution is 2.16. The third-order valence-corrected chi connectivity index (χ3v) is 13.9. The van der Waals surface area contributed by atoms with E-state index in [0.29, 0.717) is 19.3 Å². The van der Waals surface area contributed by atoms with Gasteiger partial charge < -0.3 is 14.2 Å². The molecule has 0 rings (SSSR count). The van der Waals surface area contributed by atoms with Crippen molar-refractivity contribution in [3.8, 4) is 0 Å². The van der Waals surface area contributed by atoms with E-state index in [1.54, 1.807) is 0 Å². The number of allylic oxidation sites excluding steroid dienone is 20. The van der Waals surface area contributed by atoms with Crippen LogP contribution in [-0.4, -0.2) is 37.2 Å². The first-order chi connectivity index (χ1) is 39.0. The van der Waals surface area contributed by atoms with E-state index in [1.807, 2.05) is 0 Å². The largest absolute Gasteiger partial charge is 0.462 e. The first-order valence-electron chi connectivity index (χ1n) is 33.0. The second-order valence-electron chi connectivity index (χ2n) is 21.6. The quantitative estimate of drug-likeness (QED) is 0.0261. The van der Waals surface area contributed by atoms with Crippen LogP contribution in [0.4, 0.5) is 0 Å². The summed E-state index contributed by atoms with van der Waals surface area (Å²) in [5, 5.41) is 0. The van der Waals surface area contributed by atoms with Gasteiger partial charge in [-0.25, -0.2) is 0 Å². The highest BCUT2D eigenvalue weighted by Gasteiger charge is 2.19. The van der Waals surface area contributed by atoms with Crippen LogP contribution < -0.4 is 0 Å². The summed E-state index contributed by atoms with van der Waals surface area (Å²) in [7, 11) is 0. The second kappa shape index (κ2) is 66.3. The predicted octanol–water partition coefficient (Wildman–Crippen LogP) is 22.8. The van der Waals surface area contributed by atoms with Gasteiger partial charge in [-0.1, -0.05) is 277 Å². The molecule has 0 aliphatic heterocycles. The summed E-state index contributed by atoms with van der Waals surface area (Å²) >= 11 is 0. The Kier molecular flexibility index (Phi) is 62.8. The van der Waals surface area contributed by atoms with Crippen LogP contribution in [0, 0.1) is 0 Å². The Balaban J connectivity index is 4.39. The van der Waals surface area contributed by atoms with E-state index < -0.39 is 6.10 Å². The van der Waals surface area contributed by atoms with Gasteiger partial charge in [0.2, 0.25) is 0 Å². The molecule has 0 fully saturated rings. The van der Waals surface area contributed by atoms with Crippen molar-refractivity contribution in [1.29, 1.82) is 0 Å². The molecule has 0 saturated carbocycles. The summed E-state index contributed by atoms with van der Waals surface area (Å²) in [6.07, 6.45) is 92.1. The van der Waals surface area contributed by atoms with Crippen LogP contribution >= 0.6 is 0 Å². The Morgan fingerprint density at radius 3 is 0.797 bits per heavy atom. The van der Waals surface area contributed by atoms with Gasteiger partial charge in [0.25, 0.3) is 0 Å². The SMILES string of the molecule is CC/C=C\C/C=C\C/C=C\C/C=C\CCCCCCCCCCC(=O)OC(COC(=O)CCCC/C=C\C/C=C\C/C=C\C/C=C\CC)COC(=O)CCCCCCCCCCCCCCC/C=C\C/C=C\CCCCCCC. The van der Waals surface area contributed by atoms with Crippen molar-refractivity contribution in [1.82, 2.24) is 0 Å². The van der Waals surface area contributed by atoms with Crippen molar-refractivity contribution in [2.75, 3.05) is 13.2 Å². The number of hydrogen-bond donors (Lipinski definition) is 0. The van der Waals surface area contributed by atoms with Crippen molar-refractivity contribution in [2.45, 2.75) is 309 Å². The molecule has 0 N–H and O–H groups in total. The van der Waals surface area contributed by atoms with Crippen LogP contribution in [-0.2, 0) is 28.6 Å². The highest BCUT2D eigenvalue weighted by atomic mass is 16.6. The molecule has 6 heteroatoms. The summed E-state index contributed by atoms with van der Waals surface area (Å²) in [5.41, 5.74) is 0. The number of unbranched alkanes of at least 4 members (excludes halogenated alkanes) is 28. The average molecular weight is 1100 g/mol. The standard InChI is InChI=1S/C73H122O6/c1-4-7-10-13-16-19-22-25-28-30-32-34-35-36-37-39-40-42-45-48-51-54-57-60-63-66-72(75)78-69-70(68-77-71(74)65-62-59-56-53-50-47-44-27-24-21-18-15-12-9-6-3)79-73(76)67-64-61-58-55-52-49-46-43-41-38-33-31-29-26-23-20-17-14-11-8-5-2/h8-9,11-12,17-18,20-22,25-27,29-30,32-33,38,44,50,53,70H,4-7,10,13-16,19,23-24,28,31,34-37,39-43,45-49,51-52,54-69H2,1-3H3/b11-8-,12-9-,20-17-,21-18-,25-22-,29-26-,32-30-,38-33-,44-27-,53-50-. The lowest BCUT2D eigenvalue weighted by Crippen LogP contribution is -2.30. The van der Waals surface area contributed by atoms with Crippen LogP contribution in [0.5, 0.6) is 0 Å². The molecule has 79 heavy (non-hydrogen) atoms. The molecule has 0 aromatic carbocycles. The summed E-state index contributed by atoms with van der Waals surface area (Å²) in [4.78, 5) is 38.4. The Labute approximate surface area is 488 Å². The topological polar surface area (TPSA) is 78.9 Å². The van der Waals surface area contributed by atoms with Crippen molar-refractivity contribution in [3.05, 3.63) is 122 Å². The fraction of sp³-hybridized carbons (Fsp3) is 0.685. The minimum atomic E-state index is -0.805. The maximum atomic E-state index is 12.9. The molecule has 0 saturated heterocycles. The van der Waals surface area contributed by atoms with Gasteiger partial charge in [0.15, 0.2) is 6.10 Å². The van der Waals surface area contributed by atoms with Gasteiger partial charge in [0, 0.05) is 19.3 Å². The van der Waals surface area contributed by atoms with Crippen molar-refractivity contribution >= 4 is 17.9 Å². The van der Waals surface area contributed by atoms with E-state index in [4.69, 9.17) is 14.2 Å². The fourth-order valence-corrected chi connectivity index (χ4v) is 9.04. The van der Waals surface area contributed by atoms with Gasteiger partial charge in [-0.05, 0) is 128 Å². The number of carbonyl (C=O) groups excluding carboxylic acids is 3. The van der Waals surface area contributed by atoms with E-state index in [9.17, 15) is 14.4 Å². The van der Waals surface area contributed by atoms with Gasteiger partial charge >= 0.3 is 17.9 Å². The molecule has 6 nitrogen and oxygen atoms in total. The van der Waals surface area contributed by atoms with Gasteiger partial charge in [-0.2, -0.15) is 0 Å². The third kappa shape index (κ3) is 64.5. The summed E-state index contributed by atoms with van der Waals surface area (Å²) in [6.45, 7) is 6.38. The van der Waals surface area contributed by atoms with Crippen LogP contribution in [0.15, 0.2) is 122 Å². The first-order valence-corrected chi connectivity index (χ1v) is 33.0. The molecule has 1 atom stereocenters. The molecule has 0 aliphatic rings. The lowest BCUT2D eigenvalue weighted by Gasteiger charge is -2.18. The van der Waals surface area contributed by atoms with Crippen LogP contribution in [0.1, 0.15) is 303 Å². The Hall–Kier alpha value is -4.19. The molecule has 0 aromatic rings. The number of carbonyl (C=O) groups is 3. The minimum Gasteiger partial charge on any atom is -0.462 e. The maximum absolute atomic E-state index is 12.9. The summed E-state index contributed by atoms with van der Waals surface area (Å²) in [6, 6.07) is 0. The van der Waals surface area contributed by atoms with Crippen LogP contribution in [0.25, 0.3) is 0 Å². The van der Waals surface area contributed by atoms with Crippen molar-refractivity contribution in [2.24, 2.45) is 0 Å². The zero-order chi connectivity index (χ0) is 57.1. The first kappa shape index (κ1) is 74.8. The molecular formula is C73H122O6. The Morgan fingerprint density at radius 1 is 0.266 bits per heavy atom. The number of rotatable bonds is 59. The average Bonchev–Trinajstić information content (AvgIpc) is 3.45. The fourth-order valence-electron chi connectivity index (χ4n) is 9.04. The second-order valence-corrected chi connectivity index (χ2v) is 21.6. The normalized spacial score (nSPS) is 12.9. The minimum absolute atomic E-state index is 0.0965. The Morgan fingerprint density at radius 2 is 0.494 bits per heavy atom. The molecule has 0 spiro atoms. The number of esters is 3. The highest BCUT2D eigenvalue weighted by molar-refractivity contribution is 5.71. The smallest absolute Gasteiger partial charge is 0.306 e. The molecule has 450 valence electrons. The molecule has 0 bridgehead atoms. The van der Waals surface area contributed by atoms with E-state index in [2.05, 4.69) is 142 Å². The van der Waals surface area contributed by atoms with Crippen molar-refractivity contribution in [3.63, 3.8) is 0 Å². The number of hydrogen-bond acceptors (Lipinski definition) is 6. The maximum Gasteiger partial charge on any atom is 0.306 e. The zero-order valence-electron chi connectivity index (χ0n) is 51.6. The van der Waals surface area contributed by atoms with E-state index in [0.717, 1.165) is 122 Å². The third-order valence-electron chi connectivity index (χ3n) is 13.9. The van der Waals surface area contributed by atoms with Crippen LogP contribution in [0.3, 0.4) is 0 Å². The number of ether oxygens (including phenoxy) is 3. The van der Waals surface area contributed by atoms with Gasteiger partial charge in [0.05, 0.1) is 0 Å². The van der Waals surface area contributed by atoms with Crippen molar-refractivity contribution < 1.29 is 28.6 Å². The molecule has 0 radical (unpaired) electrons. The molecule has 0 amide bonds. The van der Waals surface area contributed by atoms with E-state index in [-0.39, 0.29) is 31.1 Å². The van der Waals surface area contributed by atoms with Gasteiger partial charge in [-0.15, -0.1) is 0 Å². The summed E-state index contributed by atoms with van der Waals surface area (Å²) in [5.74, 6) is -0.942.